The van der Waals surface area contributed by atoms with Crippen molar-refractivity contribution in [2.45, 2.75) is 13.8 Å². The van der Waals surface area contributed by atoms with E-state index >= 15 is 0 Å². The predicted octanol–water partition coefficient (Wildman–Crippen LogP) is 5.19. The lowest BCUT2D eigenvalue weighted by Gasteiger charge is -2.07. The van der Waals surface area contributed by atoms with E-state index in [4.69, 9.17) is 4.74 Å². The van der Waals surface area contributed by atoms with E-state index in [1.807, 2.05) is 43.3 Å². The molecule has 23 heavy (non-hydrogen) atoms. The van der Waals surface area contributed by atoms with Crippen LogP contribution in [0.2, 0.25) is 0 Å². The Labute approximate surface area is 136 Å². The minimum absolute atomic E-state index is 0.340. The van der Waals surface area contributed by atoms with Gasteiger partial charge in [0, 0.05) is 0 Å². The fourth-order valence-electron chi connectivity index (χ4n) is 2.32. The number of benzene rings is 3. The number of carbonyl (C=O) groups is 1. The molecule has 0 unspecified atom stereocenters. The normalized spacial score (nSPS) is 10.3. The fraction of sp³-hybridized carbons (Fsp3) is 0.0952. The van der Waals surface area contributed by atoms with Gasteiger partial charge in [0.25, 0.3) is 0 Å². The van der Waals surface area contributed by atoms with Gasteiger partial charge in [0.05, 0.1) is 5.56 Å². The summed E-state index contributed by atoms with van der Waals surface area (Å²) in [4.78, 5) is 12.1. The smallest absolute Gasteiger partial charge is 0.343 e. The quantitative estimate of drug-likeness (QED) is 0.491. The summed E-state index contributed by atoms with van der Waals surface area (Å²) in [5.74, 6) is 0.208. The van der Waals surface area contributed by atoms with Gasteiger partial charge in [-0.25, -0.2) is 4.79 Å². The van der Waals surface area contributed by atoms with Crippen LogP contribution in [0.1, 0.15) is 21.5 Å². The molecule has 0 N–H and O–H groups in total. The molecular formula is C21H18O2. The van der Waals surface area contributed by atoms with Crippen LogP contribution >= 0.6 is 0 Å². The summed E-state index contributed by atoms with van der Waals surface area (Å²) in [6.45, 7) is 4.05. The SMILES string of the molecule is Cc1ccc(C(=O)Oc2ccc(-c3ccc(C)cc3)cc2)cc1. The van der Waals surface area contributed by atoms with Crippen molar-refractivity contribution in [1.82, 2.24) is 0 Å². The van der Waals surface area contributed by atoms with Crippen LogP contribution in [-0.2, 0) is 0 Å². The highest BCUT2D eigenvalue weighted by atomic mass is 16.5. The molecule has 3 rings (SSSR count). The molecule has 0 radical (unpaired) electrons. The zero-order chi connectivity index (χ0) is 16.2. The maximum Gasteiger partial charge on any atom is 0.343 e. The van der Waals surface area contributed by atoms with Crippen molar-refractivity contribution in [3.8, 4) is 16.9 Å². The molecule has 0 aliphatic carbocycles. The van der Waals surface area contributed by atoms with E-state index in [1.165, 1.54) is 5.56 Å². The van der Waals surface area contributed by atoms with Gasteiger partial charge < -0.3 is 4.74 Å². The highest BCUT2D eigenvalue weighted by Crippen LogP contribution is 2.23. The Morgan fingerprint density at radius 2 is 1.09 bits per heavy atom. The van der Waals surface area contributed by atoms with Crippen molar-refractivity contribution in [3.63, 3.8) is 0 Å². The summed E-state index contributed by atoms with van der Waals surface area (Å²) < 4.78 is 5.41. The van der Waals surface area contributed by atoms with Crippen LogP contribution in [0.15, 0.2) is 72.8 Å². The van der Waals surface area contributed by atoms with Gasteiger partial charge in [-0.2, -0.15) is 0 Å². The number of aryl methyl sites for hydroxylation is 2. The van der Waals surface area contributed by atoms with Gasteiger partial charge in [-0.1, -0.05) is 59.7 Å². The molecular weight excluding hydrogens is 284 g/mol. The number of hydrogen-bond acceptors (Lipinski definition) is 2. The lowest BCUT2D eigenvalue weighted by Crippen LogP contribution is -2.08. The summed E-state index contributed by atoms with van der Waals surface area (Å²) in [7, 11) is 0. The van der Waals surface area contributed by atoms with Crippen LogP contribution in [0.3, 0.4) is 0 Å². The second-order valence-corrected chi connectivity index (χ2v) is 5.65. The van der Waals surface area contributed by atoms with Crippen LogP contribution in [0.5, 0.6) is 5.75 Å². The first-order valence-corrected chi connectivity index (χ1v) is 7.58. The molecule has 2 nitrogen and oxygen atoms in total. The fourth-order valence-corrected chi connectivity index (χ4v) is 2.32. The summed E-state index contributed by atoms with van der Waals surface area (Å²) >= 11 is 0. The Kier molecular flexibility index (Phi) is 4.24. The number of rotatable bonds is 3. The molecule has 0 fully saturated rings. The molecule has 0 aromatic heterocycles. The Balaban J connectivity index is 1.73. The second-order valence-electron chi connectivity index (χ2n) is 5.65. The Hall–Kier alpha value is -2.87. The van der Waals surface area contributed by atoms with Crippen LogP contribution in [0.4, 0.5) is 0 Å². The molecule has 114 valence electrons. The Morgan fingerprint density at radius 3 is 1.61 bits per heavy atom. The minimum Gasteiger partial charge on any atom is -0.423 e. The molecule has 0 atom stereocenters. The third kappa shape index (κ3) is 3.67. The van der Waals surface area contributed by atoms with Gasteiger partial charge in [0.1, 0.15) is 5.75 Å². The van der Waals surface area contributed by atoms with E-state index in [0.717, 1.165) is 16.7 Å². The summed E-state index contributed by atoms with van der Waals surface area (Å²) in [6.07, 6.45) is 0. The number of carbonyl (C=O) groups excluding carboxylic acids is 1. The van der Waals surface area contributed by atoms with Gasteiger partial charge in [-0.15, -0.1) is 0 Å². The predicted molar refractivity (Wildman–Crippen MR) is 92.8 cm³/mol. The van der Waals surface area contributed by atoms with Crippen molar-refractivity contribution in [2.24, 2.45) is 0 Å². The van der Waals surface area contributed by atoms with Crippen molar-refractivity contribution in [3.05, 3.63) is 89.5 Å². The minimum atomic E-state index is -0.340. The molecule has 0 bridgehead atoms. The van der Waals surface area contributed by atoms with E-state index in [1.54, 1.807) is 12.1 Å². The lowest BCUT2D eigenvalue weighted by molar-refractivity contribution is 0.0735. The highest BCUT2D eigenvalue weighted by molar-refractivity contribution is 5.91. The Morgan fingerprint density at radius 1 is 0.652 bits per heavy atom. The standard InChI is InChI=1S/C21H18O2/c1-15-3-7-17(8-4-15)18-11-13-20(14-12-18)23-21(22)19-9-5-16(2)6-10-19/h3-14H,1-2H3. The molecule has 0 aliphatic heterocycles. The monoisotopic (exact) mass is 302 g/mol. The molecule has 0 saturated heterocycles. The first-order valence-electron chi connectivity index (χ1n) is 7.58. The second kappa shape index (κ2) is 6.49. The van der Waals surface area contributed by atoms with Gasteiger partial charge in [-0.05, 0) is 49.2 Å². The first kappa shape index (κ1) is 15.0. The van der Waals surface area contributed by atoms with Crippen molar-refractivity contribution < 1.29 is 9.53 Å². The van der Waals surface area contributed by atoms with E-state index in [0.29, 0.717) is 11.3 Å². The average Bonchev–Trinajstić information content (AvgIpc) is 2.57. The molecule has 3 aromatic carbocycles. The average molecular weight is 302 g/mol. The molecule has 2 heteroatoms. The zero-order valence-electron chi connectivity index (χ0n) is 13.2. The van der Waals surface area contributed by atoms with E-state index < -0.39 is 0 Å². The summed E-state index contributed by atoms with van der Waals surface area (Å²) in [5, 5.41) is 0. The Bertz CT molecular complexity index is 798. The van der Waals surface area contributed by atoms with Crippen molar-refractivity contribution >= 4 is 5.97 Å². The number of hydrogen-bond donors (Lipinski definition) is 0. The van der Waals surface area contributed by atoms with E-state index in [2.05, 4.69) is 31.2 Å². The molecule has 0 saturated carbocycles. The van der Waals surface area contributed by atoms with Crippen LogP contribution in [0.25, 0.3) is 11.1 Å². The van der Waals surface area contributed by atoms with E-state index in [9.17, 15) is 4.79 Å². The third-order valence-corrected chi connectivity index (χ3v) is 3.74. The summed E-state index contributed by atoms with van der Waals surface area (Å²) in [5.41, 5.74) is 5.15. The highest BCUT2D eigenvalue weighted by Gasteiger charge is 2.08. The van der Waals surface area contributed by atoms with E-state index in [-0.39, 0.29) is 5.97 Å². The first-order chi connectivity index (χ1) is 11.1. The van der Waals surface area contributed by atoms with Crippen LogP contribution < -0.4 is 4.74 Å². The van der Waals surface area contributed by atoms with Gasteiger partial charge in [-0.3, -0.25) is 0 Å². The number of esters is 1. The van der Waals surface area contributed by atoms with Gasteiger partial charge >= 0.3 is 5.97 Å². The largest absolute Gasteiger partial charge is 0.423 e. The topological polar surface area (TPSA) is 26.3 Å². The molecule has 3 aromatic rings. The van der Waals surface area contributed by atoms with Crippen LogP contribution in [-0.4, -0.2) is 5.97 Å². The maximum absolute atomic E-state index is 12.1. The lowest BCUT2D eigenvalue weighted by atomic mass is 10.0. The molecule has 0 heterocycles. The van der Waals surface area contributed by atoms with Crippen LogP contribution in [0, 0.1) is 13.8 Å². The molecule has 0 amide bonds. The van der Waals surface area contributed by atoms with Crippen molar-refractivity contribution in [1.29, 1.82) is 0 Å². The molecule has 0 aliphatic rings. The van der Waals surface area contributed by atoms with Gasteiger partial charge in [0.2, 0.25) is 0 Å². The summed E-state index contributed by atoms with van der Waals surface area (Å²) in [6, 6.07) is 23.3. The van der Waals surface area contributed by atoms with Crippen molar-refractivity contribution in [2.75, 3.05) is 0 Å². The number of ether oxygens (including phenoxy) is 1. The maximum atomic E-state index is 12.1. The zero-order valence-corrected chi connectivity index (χ0v) is 13.2. The third-order valence-electron chi connectivity index (χ3n) is 3.74. The van der Waals surface area contributed by atoms with Gasteiger partial charge in [0.15, 0.2) is 0 Å². The molecule has 0 spiro atoms.